The van der Waals surface area contributed by atoms with Gasteiger partial charge >= 0.3 is 0 Å². The third kappa shape index (κ3) is 3.29. The predicted molar refractivity (Wildman–Crippen MR) is 79.3 cm³/mol. The molecule has 1 aromatic rings. The molecule has 0 bridgehead atoms. The Hall–Kier alpha value is -1.59. The molecule has 20 heavy (non-hydrogen) atoms. The summed E-state index contributed by atoms with van der Waals surface area (Å²) in [4.78, 5) is 14.3. The van der Waals surface area contributed by atoms with Gasteiger partial charge in [-0.3, -0.25) is 9.69 Å². The topological polar surface area (TPSA) is 67.6 Å². The van der Waals surface area contributed by atoms with Crippen LogP contribution in [0, 0.1) is 0 Å². The Balaban J connectivity index is 2.16. The first kappa shape index (κ1) is 14.8. The number of rotatable bonds is 4. The number of carbonyl (C=O) groups excluding carboxylic acids is 1. The molecule has 5 nitrogen and oxygen atoms in total. The minimum absolute atomic E-state index is 0.0305. The molecule has 2 rings (SSSR count). The zero-order valence-electron chi connectivity index (χ0n) is 12.1. The van der Waals surface area contributed by atoms with Gasteiger partial charge in [0.25, 0.3) is 0 Å². The molecule has 1 aromatic carbocycles. The van der Waals surface area contributed by atoms with Crippen LogP contribution >= 0.6 is 0 Å². The fourth-order valence-electron chi connectivity index (χ4n) is 2.61. The molecule has 1 fully saturated rings. The fraction of sp³-hybridized carbons (Fsp3) is 0.533. The number of anilines is 1. The number of hydrogen-bond donors (Lipinski definition) is 2. The lowest BCUT2D eigenvalue weighted by Gasteiger charge is -2.38. The number of carbonyl (C=O) groups is 1. The van der Waals surface area contributed by atoms with E-state index in [0.717, 1.165) is 17.8 Å². The van der Waals surface area contributed by atoms with Crippen LogP contribution in [0.15, 0.2) is 24.3 Å². The highest BCUT2D eigenvalue weighted by atomic mass is 16.5. The molecule has 0 spiro atoms. The Labute approximate surface area is 120 Å². The molecular formula is C15H23N3O2. The largest absolute Gasteiger partial charge is 0.399 e. The maximum absolute atomic E-state index is 12.2. The summed E-state index contributed by atoms with van der Waals surface area (Å²) >= 11 is 0. The average molecular weight is 277 g/mol. The first-order valence-electron chi connectivity index (χ1n) is 7.10. The van der Waals surface area contributed by atoms with E-state index in [1.807, 2.05) is 31.2 Å². The molecular weight excluding hydrogens is 254 g/mol. The van der Waals surface area contributed by atoms with Crippen molar-refractivity contribution in [3.05, 3.63) is 29.8 Å². The van der Waals surface area contributed by atoms with Crippen LogP contribution in [0.3, 0.4) is 0 Å². The highest BCUT2D eigenvalue weighted by Crippen LogP contribution is 2.25. The van der Waals surface area contributed by atoms with E-state index >= 15 is 0 Å². The number of nitrogen functional groups attached to an aromatic ring is 1. The van der Waals surface area contributed by atoms with Gasteiger partial charge in [-0.1, -0.05) is 12.1 Å². The Bertz CT molecular complexity index is 464. The molecule has 1 aliphatic rings. The van der Waals surface area contributed by atoms with Crippen molar-refractivity contribution in [3.8, 4) is 0 Å². The van der Waals surface area contributed by atoms with Crippen molar-refractivity contribution in [1.29, 1.82) is 0 Å². The lowest BCUT2D eigenvalue weighted by Crippen LogP contribution is -2.54. The normalized spacial score (nSPS) is 21.4. The Morgan fingerprint density at radius 2 is 2.40 bits per heavy atom. The minimum Gasteiger partial charge on any atom is -0.399 e. The van der Waals surface area contributed by atoms with Crippen LogP contribution in [0.4, 0.5) is 5.69 Å². The summed E-state index contributed by atoms with van der Waals surface area (Å²) in [5.74, 6) is 0.0305. The molecule has 2 atom stereocenters. The number of nitrogens with two attached hydrogens (primary N) is 1. The van der Waals surface area contributed by atoms with Crippen molar-refractivity contribution < 1.29 is 9.53 Å². The van der Waals surface area contributed by atoms with Crippen molar-refractivity contribution in [1.82, 2.24) is 10.2 Å². The number of morpholine rings is 1. The summed E-state index contributed by atoms with van der Waals surface area (Å²) in [6.07, 6.45) is 0. The van der Waals surface area contributed by atoms with Crippen LogP contribution in [0.25, 0.3) is 0 Å². The van der Waals surface area contributed by atoms with Crippen molar-refractivity contribution >= 4 is 11.6 Å². The summed E-state index contributed by atoms with van der Waals surface area (Å²) < 4.78 is 5.46. The first-order valence-corrected chi connectivity index (χ1v) is 7.10. The molecule has 1 heterocycles. The van der Waals surface area contributed by atoms with E-state index in [4.69, 9.17) is 10.5 Å². The lowest BCUT2D eigenvalue weighted by atomic mass is 10.0. The number of likely N-dealkylation sites (N-methyl/N-ethyl adjacent to an activating group) is 1. The summed E-state index contributed by atoms with van der Waals surface area (Å²) in [7, 11) is 0. The Kier molecular flexibility index (Phi) is 4.98. The van der Waals surface area contributed by atoms with Gasteiger partial charge in [-0.05, 0) is 31.5 Å². The van der Waals surface area contributed by atoms with Crippen LogP contribution in [0.5, 0.6) is 0 Å². The molecule has 5 heteroatoms. The summed E-state index contributed by atoms with van der Waals surface area (Å²) in [5.41, 5.74) is 7.72. The number of hydrogen-bond acceptors (Lipinski definition) is 4. The molecule has 110 valence electrons. The quantitative estimate of drug-likeness (QED) is 0.811. The highest BCUT2D eigenvalue weighted by Gasteiger charge is 2.32. The molecule has 1 amide bonds. The standard InChI is InChI=1S/C15H23N3O2/c1-3-17-15(19)14-10-20-8-7-18(14)11(2)12-5-4-6-13(16)9-12/h4-6,9,11,14H,3,7-8,10,16H2,1-2H3,(H,17,19). The average Bonchev–Trinajstić information content (AvgIpc) is 2.47. The summed E-state index contributed by atoms with van der Waals surface area (Å²) in [5, 5.41) is 2.88. The van der Waals surface area contributed by atoms with Gasteiger partial charge in [0.15, 0.2) is 0 Å². The van der Waals surface area contributed by atoms with Crippen molar-refractivity contribution in [2.45, 2.75) is 25.9 Å². The monoisotopic (exact) mass is 277 g/mol. The van der Waals surface area contributed by atoms with E-state index < -0.39 is 0 Å². The second kappa shape index (κ2) is 6.72. The van der Waals surface area contributed by atoms with Crippen LogP contribution in [-0.4, -0.2) is 43.2 Å². The maximum Gasteiger partial charge on any atom is 0.239 e. The second-order valence-electron chi connectivity index (χ2n) is 5.07. The summed E-state index contributed by atoms with van der Waals surface area (Å²) in [6, 6.07) is 7.73. The molecule has 0 aromatic heterocycles. The van der Waals surface area contributed by atoms with E-state index in [0.29, 0.717) is 19.8 Å². The van der Waals surface area contributed by atoms with Crippen LogP contribution in [0.1, 0.15) is 25.5 Å². The smallest absolute Gasteiger partial charge is 0.239 e. The Morgan fingerprint density at radius 1 is 1.60 bits per heavy atom. The van der Waals surface area contributed by atoms with Gasteiger partial charge in [-0.15, -0.1) is 0 Å². The van der Waals surface area contributed by atoms with Gasteiger partial charge in [0.1, 0.15) is 6.04 Å². The number of benzene rings is 1. The van der Waals surface area contributed by atoms with Crippen LogP contribution in [0.2, 0.25) is 0 Å². The van der Waals surface area contributed by atoms with Crippen molar-refractivity contribution in [3.63, 3.8) is 0 Å². The second-order valence-corrected chi connectivity index (χ2v) is 5.07. The SMILES string of the molecule is CCNC(=O)C1COCCN1C(C)c1cccc(N)c1. The number of ether oxygens (including phenoxy) is 1. The molecule has 3 N–H and O–H groups in total. The third-order valence-electron chi connectivity index (χ3n) is 3.71. The van der Waals surface area contributed by atoms with Gasteiger partial charge in [0.05, 0.1) is 13.2 Å². The van der Waals surface area contributed by atoms with Crippen molar-refractivity contribution in [2.75, 3.05) is 32.0 Å². The van der Waals surface area contributed by atoms with E-state index in [1.165, 1.54) is 0 Å². The molecule has 0 radical (unpaired) electrons. The number of amides is 1. The molecule has 1 saturated heterocycles. The minimum atomic E-state index is -0.236. The first-order chi connectivity index (χ1) is 9.63. The van der Waals surface area contributed by atoms with E-state index in [1.54, 1.807) is 0 Å². The zero-order valence-corrected chi connectivity index (χ0v) is 12.1. The van der Waals surface area contributed by atoms with Crippen LogP contribution in [-0.2, 0) is 9.53 Å². The fourth-order valence-corrected chi connectivity index (χ4v) is 2.61. The zero-order chi connectivity index (χ0) is 14.5. The maximum atomic E-state index is 12.2. The highest BCUT2D eigenvalue weighted by molar-refractivity contribution is 5.82. The van der Waals surface area contributed by atoms with Gasteiger partial charge in [-0.25, -0.2) is 0 Å². The predicted octanol–water partition coefficient (Wildman–Crippen LogP) is 1.17. The lowest BCUT2D eigenvalue weighted by molar-refractivity contribution is -0.134. The van der Waals surface area contributed by atoms with E-state index in [9.17, 15) is 4.79 Å². The van der Waals surface area contributed by atoms with E-state index in [-0.39, 0.29) is 18.0 Å². The van der Waals surface area contributed by atoms with Gasteiger partial charge in [0, 0.05) is 24.8 Å². The third-order valence-corrected chi connectivity index (χ3v) is 3.71. The molecule has 0 saturated carbocycles. The summed E-state index contributed by atoms with van der Waals surface area (Å²) in [6.45, 7) is 6.51. The van der Waals surface area contributed by atoms with Crippen molar-refractivity contribution in [2.24, 2.45) is 0 Å². The number of nitrogens with zero attached hydrogens (tertiary/aromatic N) is 1. The van der Waals surface area contributed by atoms with Gasteiger partial charge < -0.3 is 15.8 Å². The van der Waals surface area contributed by atoms with Gasteiger partial charge in [0.2, 0.25) is 5.91 Å². The number of nitrogens with one attached hydrogen (secondary N) is 1. The van der Waals surface area contributed by atoms with Gasteiger partial charge in [-0.2, -0.15) is 0 Å². The molecule has 0 aliphatic carbocycles. The van der Waals surface area contributed by atoms with E-state index in [2.05, 4.69) is 17.1 Å². The van der Waals surface area contributed by atoms with Crippen LogP contribution < -0.4 is 11.1 Å². The molecule has 1 aliphatic heterocycles. The molecule has 2 unspecified atom stereocenters. The Morgan fingerprint density at radius 3 is 3.10 bits per heavy atom.